The van der Waals surface area contributed by atoms with Gasteiger partial charge in [-0.15, -0.1) is 0 Å². The van der Waals surface area contributed by atoms with E-state index >= 15 is 0 Å². The molecular formula is C10H15NO3. The molecule has 0 aliphatic heterocycles. The normalized spacial score (nSPS) is 25.8. The Morgan fingerprint density at radius 1 is 1.36 bits per heavy atom. The predicted octanol–water partition coefficient (Wildman–Crippen LogP) is 0.790. The molecule has 0 saturated heterocycles. The molecule has 14 heavy (non-hydrogen) atoms. The van der Waals surface area contributed by atoms with Gasteiger partial charge in [-0.25, -0.2) is 0 Å². The summed E-state index contributed by atoms with van der Waals surface area (Å²) in [7, 11) is 0. The first-order valence-electron chi connectivity index (χ1n) is 4.82. The van der Waals surface area contributed by atoms with Gasteiger partial charge in [0.15, 0.2) is 0 Å². The van der Waals surface area contributed by atoms with Gasteiger partial charge in [0.25, 0.3) is 0 Å². The van der Waals surface area contributed by atoms with Crippen LogP contribution in [0.2, 0.25) is 0 Å². The lowest BCUT2D eigenvalue weighted by Gasteiger charge is -2.23. The number of nitrogens with one attached hydrogen (secondary N) is 1. The Morgan fingerprint density at radius 3 is 2.43 bits per heavy atom. The van der Waals surface area contributed by atoms with E-state index in [4.69, 9.17) is 5.11 Å². The highest BCUT2D eigenvalue weighted by atomic mass is 16.4. The molecule has 4 nitrogen and oxygen atoms in total. The number of carbonyl (C=O) groups is 2. The van der Waals surface area contributed by atoms with Crippen LogP contribution in [0.15, 0.2) is 12.2 Å². The van der Waals surface area contributed by atoms with Crippen LogP contribution in [-0.2, 0) is 9.59 Å². The fraction of sp³-hybridized carbons (Fsp3) is 0.600. The summed E-state index contributed by atoms with van der Waals surface area (Å²) in [5, 5.41) is 11.6. The second kappa shape index (κ2) is 4.79. The Kier molecular flexibility index (Phi) is 3.68. The molecule has 0 heterocycles. The van der Waals surface area contributed by atoms with Gasteiger partial charge in [-0.1, -0.05) is 12.2 Å². The number of carboxylic acid groups (broad SMARTS) is 1. The molecule has 1 rings (SSSR count). The minimum absolute atomic E-state index is 0.149. The van der Waals surface area contributed by atoms with Crippen molar-refractivity contribution in [2.75, 3.05) is 6.54 Å². The van der Waals surface area contributed by atoms with Crippen molar-refractivity contribution in [3.8, 4) is 0 Å². The van der Waals surface area contributed by atoms with E-state index in [0.29, 0.717) is 19.4 Å². The van der Waals surface area contributed by atoms with E-state index in [0.717, 1.165) is 0 Å². The van der Waals surface area contributed by atoms with E-state index in [9.17, 15) is 9.59 Å². The van der Waals surface area contributed by atoms with E-state index in [1.807, 2.05) is 19.1 Å². The van der Waals surface area contributed by atoms with Crippen LogP contribution in [0.25, 0.3) is 0 Å². The lowest BCUT2D eigenvalue weighted by atomic mass is 9.82. The molecule has 1 aliphatic rings. The average molecular weight is 197 g/mol. The van der Waals surface area contributed by atoms with E-state index < -0.39 is 17.8 Å². The summed E-state index contributed by atoms with van der Waals surface area (Å²) in [6.45, 7) is 2.37. The maximum atomic E-state index is 11.5. The third kappa shape index (κ3) is 2.34. The molecule has 0 radical (unpaired) electrons. The van der Waals surface area contributed by atoms with Crippen LogP contribution in [-0.4, -0.2) is 23.5 Å². The van der Waals surface area contributed by atoms with Gasteiger partial charge >= 0.3 is 5.97 Å². The highest BCUT2D eigenvalue weighted by Gasteiger charge is 2.33. The van der Waals surface area contributed by atoms with E-state index in [2.05, 4.69) is 5.32 Å². The molecule has 1 amide bonds. The van der Waals surface area contributed by atoms with E-state index in [1.54, 1.807) is 0 Å². The average Bonchev–Trinajstić information content (AvgIpc) is 2.18. The third-order valence-electron chi connectivity index (χ3n) is 2.44. The summed E-state index contributed by atoms with van der Waals surface area (Å²) in [4.78, 5) is 22.4. The molecule has 0 fully saturated rings. The van der Waals surface area contributed by atoms with Crippen molar-refractivity contribution in [1.82, 2.24) is 5.32 Å². The van der Waals surface area contributed by atoms with Crippen molar-refractivity contribution in [3.05, 3.63) is 12.2 Å². The number of amides is 1. The SMILES string of the molecule is CCNC(=O)C1CC=CCC1C(=O)O. The number of carbonyl (C=O) groups excluding carboxylic acids is 1. The Labute approximate surface area is 83.0 Å². The van der Waals surface area contributed by atoms with Gasteiger partial charge in [0, 0.05) is 6.54 Å². The Bertz CT molecular complexity index is 260. The maximum Gasteiger partial charge on any atom is 0.307 e. The van der Waals surface area contributed by atoms with Gasteiger partial charge in [-0.3, -0.25) is 9.59 Å². The summed E-state index contributed by atoms with van der Waals surface area (Å²) in [5.41, 5.74) is 0. The number of allylic oxidation sites excluding steroid dienone is 2. The van der Waals surface area contributed by atoms with Gasteiger partial charge in [-0.2, -0.15) is 0 Å². The molecule has 2 unspecified atom stereocenters. The molecular weight excluding hydrogens is 182 g/mol. The van der Waals surface area contributed by atoms with Gasteiger partial charge in [0.2, 0.25) is 5.91 Å². The van der Waals surface area contributed by atoms with Gasteiger partial charge in [0.1, 0.15) is 0 Å². The molecule has 78 valence electrons. The number of rotatable bonds is 3. The minimum Gasteiger partial charge on any atom is -0.481 e. The number of carboxylic acids is 1. The van der Waals surface area contributed by atoms with Crippen molar-refractivity contribution >= 4 is 11.9 Å². The quantitative estimate of drug-likeness (QED) is 0.657. The Hall–Kier alpha value is -1.32. The topological polar surface area (TPSA) is 66.4 Å². The molecule has 4 heteroatoms. The van der Waals surface area contributed by atoms with Crippen LogP contribution in [0.5, 0.6) is 0 Å². The second-order valence-corrected chi connectivity index (χ2v) is 3.39. The Morgan fingerprint density at radius 2 is 1.93 bits per heavy atom. The standard InChI is InChI=1S/C10H15NO3/c1-2-11-9(12)7-5-3-4-6-8(7)10(13)14/h3-4,7-8H,2,5-6H2,1H3,(H,11,12)(H,13,14). The minimum atomic E-state index is -0.884. The zero-order valence-electron chi connectivity index (χ0n) is 8.19. The van der Waals surface area contributed by atoms with Crippen LogP contribution in [0, 0.1) is 11.8 Å². The maximum absolute atomic E-state index is 11.5. The van der Waals surface area contributed by atoms with Crippen LogP contribution in [0.3, 0.4) is 0 Å². The summed E-state index contributed by atoms with van der Waals surface area (Å²) in [6.07, 6.45) is 4.69. The second-order valence-electron chi connectivity index (χ2n) is 3.39. The van der Waals surface area contributed by atoms with Crippen LogP contribution < -0.4 is 5.32 Å². The number of hydrogen-bond donors (Lipinski definition) is 2. The van der Waals surface area contributed by atoms with E-state index in [1.165, 1.54) is 0 Å². The third-order valence-corrected chi connectivity index (χ3v) is 2.44. The van der Waals surface area contributed by atoms with E-state index in [-0.39, 0.29) is 5.91 Å². The van der Waals surface area contributed by atoms with Crippen molar-refractivity contribution in [2.45, 2.75) is 19.8 Å². The first kappa shape index (κ1) is 10.8. The highest BCUT2D eigenvalue weighted by molar-refractivity contribution is 5.85. The fourth-order valence-electron chi connectivity index (χ4n) is 1.68. The molecule has 0 aromatic carbocycles. The lowest BCUT2D eigenvalue weighted by molar-refractivity contribution is -0.147. The first-order chi connectivity index (χ1) is 6.66. The zero-order valence-corrected chi connectivity index (χ0v) is 8.19. The van der Waals surface area contributed by atoms with Crippen LogP contribution in [0.4, 0.5) is 0 Å². The van der Waals surface area contributed by atoms with Crippen molar-refractivity contribution in [3.63, 3.8) is 0 Å². The molecule has 2 N–H and O–H groups in total. The fourth-order valence-corrected chi connectivity index (χ4v) is 1.68. The molecule has 0 bridgehead atoms. The summed E-state index contributed by atoms with van der Waals surface area (Å²) in [6, 6.07) is 0. The van der Waals surface area contributed by atoms with Crippen molar-refractivity contribution < 1.29 is 14.7 Å². The molecule has 0 spiro atoms. The first-order valence-corrected chi connectivity index (χ1v) is 4.82. The van der Waals surface area contributed by atoms with Crippen molar-refractivity contribution in [2.24, 2.45) is 11.8 Å². The number of hydrogen-bond acceptors (Lipinski definition) is 2. The van der Waals surface area contributed by atoms with Crippen LogP contribution >= 0.6 is 0 Å². The van der Waals surface area contributed by atoms with Crippen molar-refractivity contribution in [1.29, 1.82) is 0 Å². The van der Waals surface area contributed by atoms with Crippen LogP contribution in [0.1, 0.15) is 19.8 Å². The molecule has 0 aromatic heterocycles. The molecule has 2 atom stereocenters. The molecule has 1 aliphatic carbocycles. The number of aliphatic carboxylic acids is 1. The molecule has 0 aromatic rings. The van der Waals surface area contributed by atoms with Gasteiger partial charge in [-0.05, 0) is 19.8 Å². The summed E-state index contributed by atoms with van der Waals surface area (Å²) >= 11 is 0. The summed E-state index contributed by atoms with van der Waals surface area (Å²) in [5.74, 6) is -2.00. The molecule has 0 saturated carbocycles. The predicted molar refractivity (Wildman–Crippen MR) is 51.7 cm³/mol. The van der Waals surface area contributed by atoms with Gasteiger partial charge < -0.3 is 10.4 Å². The smallest absolute Gasteiger partial charge is 0.307 e. The Balaban J connectivity index is 2.69. The van der Waals surface area contributed by atoms with Gasteiger partial charge in [0.05, 0.1) is 11.8 Å². The zero-order chi connectivity index (χ0) is 10.6. The summed E-state index contributed by atoms with van der Waals surface area (Å²) < 4.78 is 0. The monoisotopic (exact) mass is 197 g/mol. The lowest BCUT2D eigenvalue weighted by Crippen LogP contribution is -2.38. The largest absolute Gasteiger partial charge is 0.481 e. The highest BCUT2D eigenvalue weighted by Crippen LogP contribution is 2.25.